The molecule has 1 atom stereocenters. The van der Waals surface area contributed by atoms with Crippen LogP contribution in [0.3, 0.4) is 0 Å². The maximum atomic E-state index is 12.0. The zero-order chi connectivity index (χ0) is 16.7. The van der Waals surface area contributed by atoms with E-state index in [-0.39, 0.29) is 5.91 Å². The van der Waals surface area contributed by atoms with Crippen LogP contribution in [0.25, 0.3) is 0 Å². The molecule has 1 N–H and O–H groups in total. The van der Waals surface area contributed by atoms with Crippen molar-refractivity contribution in [3.05, 3.63) is 64.1 Å². The first kappa shape index (κ1) is 17.5. The summed E-state index contributed by atoms with van der Waals surface area (Å²) in [7, 11) is 0. The van der Waals surface area contributed by atoms with Gasteiger partial charge in [0.2, 0.25) is 0 Å². The Morgan fingerprint density at radius 2 is 1.96 bits per heavy atom. The first-order valence-corrected chi connectivity index (χ1v) is 8.59. The number of benzene rings is 2. The largest absolute Gasteiger partial charge is 0.481 e. The van der Waals surface area contributed by atoms with Gasteiger partial charge in [-0.2, -0.15) is 0 Å². The molecule has 0 heterocycles. The number of amides is 1. The Morgan fingerprint density at radius 3 is 2.65 bits per heavy atom. The van der Waals surface area contributed by atoms with E-state index < -0.39 is 6.10 Å². The van der Waals surface area contributed by atoms with E-state index in [2.05, 4.69) is 52.4 Å². The van der Waals surface area contributed by atoms with Crippen LogP contribution < -0.4 is 10.1 Å². The van der Waals surface area contributed by atoms with Gasteiger partial charge in [0.05, 0.1) is 0 Å². The van der Waals surface area contributed by atoms with Crippen molar-refractivity contribution in [2.75, 3.05) is 6.54 Å². The third-order valence-electron chi connectivity index (χ3n) is 3.52. The lowest BCUT2D eigenvalue weighted by atomic mass is 10.1. The fraction of sp³-hybridized carbons (Fsp3) is 0.316. The third kappa shape index (κ3) is 6.06. The maximum absolute atomic E-state index is 12.0. The van der Waals surface area contributed by atoms with Crippen LogP contribution in [0.1, 0.15) is 24.5 Å². The summed E-state index contributed by atoms with van der Waals surface area (Å²) in [6.07, 6.45) is 1.37. The average molecular weight is 376 g/mol. The molecule has 0 aromatic heterocycles. The van der Waals surface area contributed by atoms with Gasteiger partial charge in [-0.3, -0.25) is 4.79 Å². The number of hydrogen-bond donors (Lipinski definition) is 1. The molecule has 0 aliphatic heterocycles. The second-order valence-corrected chi connectivity index (χ2v) is 6.51. The van der Waals surface area contributed by atoms with Crippen LogP contribution >= 0.6 is 15.9 Å². The second-order valence-electron chi connectivity index (χ2n) is 5.60. The minimum Gasteiger partial charge on any atom is -0.481 e. The van der Waals surface area contributed by atoms with E-state index in [1.807, 2.05) is 24.3 Å². The van der Waals surface area contributed by atoms with Crippen molar-refractivity contribution in [1.29, 1.82) is 0 Å². The average Bonchev–Trinajstić information content (AvgIpc) is 2.53. The van der Waals surface area contributed by atoms with Gasteiger partial charge in [0, 0.05) is 11.0 Å². The van der Waals surface area contributed by atoms with Crippen molar-refractivity contribution in [3.8, 4) is 5.75 Å². The summed E-state index contributed by atoms with van der Waals surface area (Å²) in [6.45, 7) is 4.51. The fourth-order valence-corrected chi connectivity index (χ4v) is 2.55. The molecule has 2 aromatic rings. The Balaban J connectivity index is 1.70. The summed E-state index contributed by atoms with van der Waals surface area (Å²) in [5, 5.41) is 2.93. The first-order valence-electron chi connectivity index (χ1n) is 7.80. The van der Waals surface area contributed by atoms with Gasteiger partial charge in [0.1, 0.15) is 5.75 Å². The Labute approximate surface area is 146 Å². The van der Waals surface area contributed by atoms with Crippen molar-refractivity contribution >= 4 is 21.8 Å². The molecule has 0 saturated carbocycles. The van der Waals surface area contributed by atoms with Gasteiger partial charge in [-0.15, -0.1) is 0 Å². The van der Waals surface area contributed by atoms with Crippen LogP contribution in [-0.4, -0.2) is 18.6 Å². The van der Waals surface area contributed by atoms with E-state index in [1.165, 1.54) is 11.1 Å². The Hall–Kier alpha value is -1.81. The molecule has 0 fully saturated rings. The van der Waals surface area contributed by atoms with E-state index in [4.69, 9.17) is 4.74 Å². The van der Waals surface area contributed by atoms with Gasteiger partial charge in [0.15, 0.2) is 6.10 Å². The lowest BCUT2D eigenvalue weighted by Crippen LogP contribution is -2.36. The Bertz CT molecular complexity index is 640. The Kier molecular flexibility index (Phi) is 6.66. The number of carbonyl (C=O) groups excluding carboxylic acids is 1. The standard InChI is InChI=1S/C19H22BrNO2/c1-14-5-3-6-16(13-14)7-4-12-21-19(22)15(2)23-18-10-8-17(20)9-11-18/h3,5-6,8-11,13,15H,4,7,12H2,1-2H3,(H,21,22)/t15-/m0/s1. The monoisotopic (exact) mass is 375 g/mol. The van der Waals surface area contributed by atoms with Crippen molar-refractivity contribution in [2.45, 2.75) is 32.8 Å². The van der Waals surface area contributed by atoms with E-state index in [0.29, 0.717) is 12.3 Å². The van der Waals surface area contributed by atoms with Crippen LogP contribution in [0.2, 0.25) is 0 Å². The lowest BCUT2D eigenvalue weighted by Gasteiger charge is -2.14. The molecule has 0 bridgehead atoms. The third-order valence-corrected chi connectivity index (χ3v) is 4.05. The van der Waals surface area contributed by atoms with Crippen molar-refractivity contribution < 1.29 is 9.53 Å². The number of hydrogen-bond acceptors (Lipinski definition) is 2. The van der Waals surface area contributed by atoms with Crippen LogP contribution in [0, 0.1) is 6.92 Å². The quantitative estimate of drug-likeness (QED) is 0.733. The highest BCUT2D eigenvalue weighted by Crippen LogP contribution is 2.17. The highest BCUT2D eigenvalue weighted by atomic mass is 79.9. The minimum atomic E-state index is -0.504. The summed E-state index contributed by atoms with van der Waals surface area (Å²) < 4.78 is 6.61. The van der Waals surface area contributed by atoms with Crippen molar-refractivity contribution in [2.24, 2.45) is 0 Å². The van der Waals surface area contributed by atoms with E-state index in [1.54, 1.807) is 6.92 Å². The number of carbonyl (C=O) groups is 1. The summed E-state index contributed by atoms with van der Waals surface area (Å²) in [5.41, 5.74) is 2.57. The zero-order valence-electron chi connectivity index (χ0n) is 13.5. The van der Waals surface area contributed by atoms with Crippen molar-refractivity contribution in [3.63, 3.8) is 0 Å². The molecule has 0 aliphatic rings. The summed E-state index contributed by atoms with van der Waals surface area (Å²) >= 11 is 3.37. The van der Waals surface area contributed by atoms with Gasteiger partial charge < -0.3 is 10.1 Å². The molecule has 0 unspecified atom stereocenters. The molecular formula is C19H22BrNO2. The second kappa shape index (κ2) is 8.73. The topological polar surface area (TPSA) is 38.3 Å². The molecule has 23 heavy (non-hydrogen) atoms. The molecule has 1 amide bonds. The molecule has 2 rings (SSSR count). The first-order chi connectivity index (χ1) is 11.0. The number of rotatable bonds is 7. The van der Waals surface area contributed by atoms with Crippen LogP contribution in [-0.2, 0) is 11.2 Å². The molecule has 0 aliphatic carbocycles. The molecular weight excluding hydrogens is 354 g/mol. The molecule has 0 saturated heterocycles. The smallest absolute Gasteiger partial charge is 0.260 e. The predicted molar refractivity (Wildman–Crippen MR) is 96.7 cm³/mol. The summed E-state index contributed by atoms with van der Waals surface area (Å²) in [6, 6.07) is 15.9. The Morgan fingerprint density at radius 1 is 1.22 bits per heavy atom. The molecule has 4 heteroatoms. The van der Waals surface area contributed by atoms with E-state index in [9.17, 15) is 4.79 Å². The molecule has 0 radical (unpaired) electrons. The van der Waals surface area contributed by atoms with E-state index in [0.717, 1.165) is 17.3 Å². The van der Waals surface area contributed by atoms with Crippen LogP contribution in [0.4, 0.5) is 0 Å². The van der Waals surface area contributed by atoms with Gasteiger partial charge in [-0.25, -0.2) is 0 Å². The molecule has 0 spiro atoms. The number of halogens is 1. The highest BCUT2D eigenvalue weighted by Gasteiger charge is 2.13. The van der Waals surface area contributed by atoms with Gasteiger partial charge >= 0.3 is 0 Å². The number of aryl methyl sites for hydroxylation is 2. The van der Waals surface area contributed by atoms with Gasteiger partial charge in [0.25, 0.3) is 5.91 Å². The molecule has 122 valence electrons. The minimum absolute atomic E-state index is 0.0860. The van der Waals surface area contributed by atoms with E-state index >= 15 is 0 Å². The SMILES string of the molecule is Cc1cccc(CCCNC(=O)[C@H](C)Oc2ccc(Br)cc2)c1. The summed E-state index contributed by atoms with van der Waals surface area (Å²) in [4.78, 5) is 12.0. The molecule has 2 aromatic carbocycles. The van der Waals surface area contributed by atoms with Crippen LogP contribution in [0.15, 0.2) is 53.0 Å². The zero-order valence-corrected chi connectivity index (χ0v) is 15.1. The van der Waals surface area contributed by atoms with Crippen molar-refractivity contribution in [1.82, 2.24) is 5.32 Å². The molecule has 3 nitrogen and oxygen atoms in total. The predicted octanol–water partition coefficient (Wildman–Crippen LogP) is 4.27. The number of nitrogens with one attached hydrogen (secondary N) is 1. The highest BCUT2D eigenvalue weighted by molar-refractivity contribution is 9.10. The van der Waals surface area contributed by atoms with Crippen LogP contribution in [0.5, 0.6) is 5.75 Å². The normalized spacial score (nSPS) is 11.8. The maximum Gasteiger partial charge on any atom is 0.260 e. The summed E-state index contributed by atoms with van der Waals surface area (Å²) in [5.74, 6) is 0.604. The number of ether oxygens (including phenoxy) is 1. The van der Waals surface area contributed by atoms with Gasteiger partial charge in [-0.1, -0.05) is 45.8 Å². The van der Waals surface area contributed by atoms with Gasteiger partial charge in [-0.05, 0) is 56.5 Å². The lowest BCUT2D eigenvalue weighted by molar-refractivity contribution is -0.127. The fourth-order valence-electron chi connectivity index (χ4n) is 2.29.